The van der Waals surface area contributed by atoms with Crippen LogP contribution in [0, 0.1) is 17.3 Å². The van der Waals surface area contributed by atoms with Crippen LogP contribution in [0.4, 0.5) is 0 Å². The summed E-state index contributed by atoms with van der Waals surface area (Å²) in [7, 11) is 0. The summed E-state index contributed by atoms with van der Waals surface area (Å²) < 4.78 is 34.4. The lowest BCUT2D eigenvalue weighted by molar-refractivity contribution is -0.697. The molecule has 286 valence electrons. The predicted molar refractivity (Wildman–Crippen MR) is 197 cm³/mol. The van der Waals surface area contributed by atoms with Gasteiger partial charge in [0.2, 0.25) is 0 Å². The molecule has 1 unspecified atom stereocenters. The van der Waals surface area contributed by atoms with E-state index in [-0.39, 0.29) is 64.5 Å². The first-order valence-electron chi connectivity index (χ1n) is 20.1. The molecule has 7 aliphatic rings. The van der Waals surface area contributed by atoms with Crippen molar-refractivity contribution in [1.82, 2.24) is 4.98 Å². The second kappa shape index (κ2) is 13.1. The molecule has 0 amide bonds. The lowest BCUT2D eigenvalue weighted by Gasteiger charge is -2.53. The Morgan fingerprint density at radius 2 is 1.78 bits per heavy atom. The van der Waals surface area contributed by atoms with Gasteiger partial charge in [0, 0.05) is 53.1 Å². The fraction of sp³-hybridized carbons (Fsp3) is 0.568. The molecule has 9 nitrogen and oxygen atoms in total. The number of esters is 2. The van der Waals surface area contributed by atoms with Crippen molar-refractivity contribution in [1.29, 1.82) is 0 Å². The number of pyridine rings is 1. The van der Waals surface area contributed by atoms with Crippen LogP contribution in [0.3, 0.4) is 0 Å². The standard InChI is InChI=1S/C44H50N2O7.BrH/c1-27(2)42-37(52-42)38-44(53-38)41(3)20-17-31-32(26-49-39(31)48)33(41)24-35-43(44,51-35)40(42)50-36(47)14-8-6-4-5-7-11-21-46-22-18-28(19-23-46)15-16-29-25-45-34-13-10-9-12-30(29)34;/h9-10,12-13,15-16,18-19,22-23,25,27,33,35,37-38,40H,4-8,11,14,17,20-21,24,26H2,1-3H3;1H/t33?,35-,37-,38-,40+,41-,42-,43+,44+;/m0./s1. The highest BCUT2D eigenvalue weighted by Gasteiger charge is 3.01. The molecule has 4 aliphatic heterocycles. The number of unbranched alkanes of at least 4 members (excludes halogenated alkanes) is 5. The molecule has 2 aromatic heterocycles. The minimum Gasteiger partial charge on any atom is -1.00 e. The number of ether oxygens (including phenoxy) is 5. The van der Waals surface area contributed by atoms with E-state index in [9.17, 15) is 9.59 Å². The quantitative estimate of drug-likeness (QED) is 0.121. The molecule has 0 bridgehead atoms. The normalized spacial score (nSPS) is 36.4. The van der Waals surface area contributed by atoms with Gasteiger partial charge in [-0.2, -0.15) is 0 Å². The van der Waals surface area contributed by atoms with Gasteiger partial charge in [0.1, 0.15) is 36.6 Å². The highest BCUT2D eigenvalue weighted by atomic mass is 79.9. The number of nitrogens with one attached hydrogen (secondary N) is 1. The van der Waals surface area contributed by atoms with Crippen LogP contribution in [0.1, 0.15) is 96.1 Å². The fourth-order valence-electron chi connectivity index (χ4n) is 11.5. The van der Waals surface area contributed by atoms with Crippen LogP contribution in [0.5, 0.6) is 0 Å². The number of hydrogen-bond acceptors (Lipinski definition) is 7. The van der Waals surface area contributed by atoms with Crippen LogP contribution < -0.4 is 21.5 Å². The molecular weight excluding hydrogens is 748 g/mol. The first-order valence-corrected chi connectivity index (χ1v) is 20.1. The van der Waals surface area contributed by atoms with E-state index in [1.54, 1.807) is 0 Å². The average Bonchev–Trinajstić information content (AvgIpc) is 4.10. The van der Waals surface area contributed by atoms with Gasteiger partial charge >= 0.3 is 11.9 Å². The van der Waals surface area contributed by atoms with Crippen LogP contribution >= 0.6 is 0 Å². The van der Waals surface area contributed by atoms with E-state index < -0.39 is 22.9 Å². The number of rotatable bonds is 13. The number of cyclic esters (lactones) is 1. The van der Waals surface area contributed by atoms with Crippen LogP contribution in [0.15, 0.2) is 66.1 Å². The molecule has 54 heavy (non-hydrogen) atoms. The van der Waals surface area contributed by atoms with Gasteiger partial charge < -0.3 is 45.6 Å². The summed E-state index contributed by atoms with van der Waals surface area (Å²) in [6, 6.07) is 12.7. The maximum absolute atomic E-state index is 13.6. The number of hydrogen-bond donors (Lipinski definition) is 1. The number of H-pyrrole nitrogens is 1. The third kappa shape index (κ3) is 5.15. The van der Waals surface area contributed by atoms with E-state index in [1.165, 1.54) is 22.9 Å². The Morgan fingerprint density at radius 3 is 2.59 bits per heavy atom. The number of carbonyl (C=O) groups is 2. The Labute approximate surface area is 327 Å². The van der Waals surface area contributed by atoms with Gasteiger partial charge in [-0.3, -0.25) is 4.79 Å². The van der Waals surface area contributed by atoms with Crippen LogP contribution in [-0.4, -0.2) is 64.7 Å². The van der Waals surface area contributed by atoms with Gasteiger partial charge in [0.25, 0.3) is 0 Å². The Kier molecular flexibility index (Phi) is 8.84. The van der Waals surface area contributed by atoms with E-state index >= 15 is 0 Å². The van der Waals surface area contributed by atoms with Gasteiger partial charge in [-0.25, -0.2) is 9.36 Å². The van der Waals surface area contributed by atoms with Crippen molar-refractivity contribution in [2.24, 2.45) is 17.3 Å². The summed E-state index contributed by atoms with van der Waals surface area (Å²) in [5.41, 5.74) is 3.47. The van der Waals surface area contributed by atoms with Crippen LogP contribution in [0.25, 0.3) is 23.1 Å². The molecular formula is C44H51BrN2O7. The molecule has 3 saturated heterocycles. The zero-order valence-electron chi connectivity index (χ0n) is 31.5. The monoisotopic (exact) mass is 798 g/mol. The van der Waals surface area contributed by atoms with Gasteiger partial charge in [0.15, 0.2) is 24.1 Å². The van der Waals surface area contributed by atoms with Crippen molar-refractivity contribution in [3.63, 3.8) is 0 Å². The molecule has 1 aromatic carbocycles. The molecule has 10 heteroatoms. The van der Waals surface area contributed by atoms with Crippen molar-refractivity contribution in [3.05, 3.63) is 77.3 Å². The molecule has 5 fully saturated rings. The van der Waals surface area contributed by atoms with Gasteiger partial charge in [0.05, 0.1) is 6.10 Å². The van der Waals surface area contributed by atoms with Gasteiger partial charge in [-0.1, -0.05) is 70.4 Å². The third-order valence-corrected chi connectivity index (χ3v) is 14.4. The fourth-order valence-corrected chi connectivity index (χ4v) is 11.5. The van der Waals surface area contributed by atoms with E-state index in [2.05, 4.69) is 97.5 Å². The maximum atomic E-state index is 13.6. The zero-order valence-corrected chi connectivity index (χ0v) is 33.1. The van der Waals surface area contributed by atoms with Gasteiger partial charge in [-0.05, 0) is 66.7 Å². The topological polar surface area (TPSA) is 110 Å². The summed E-state index contributed by atoms with van der Waals surface area (Å²) in [6.07, 6.45) is 19.1. The first kappa shape index (κ1) is 36.3. The number of aromatic nitrogens is 2. The van der Waals surface area contributed by atoms with Crippen molar-refractivity contribution >= 4 is 35.0 Å². The number of carbonyl (C=O) groups excluding carboxylic acids is 2. The molecule has 3 aromatic rings. The summed E-state index contributed by atoms with van der Waals surface area (Å²) in [4.78, 5) is 29.4. The van der Waals surface area contributed by atoms with E-state index in [0.717, 1.165) is 68.2 Å². The van der Waals surface area contributed by atoms with Crippen LogP contribution in [-0.2, 0) is 39.8 Å². The minimum atomic E-state index is -0.690. The summed E-state index contributed by atoms with van der Waals surface area (Å²) in [5, 5.41) is 1.24. The number of benzene rings is 1. The number of epoxide rings is 3. The predicted octanol–water partition coefficient (Wildman–Crippen LogP) is 4.03. The Bertz CT molecular complexity index is 2040. The summed E-state index contributed by atoms with van der Waals surface area (Å²) >= 11 is 0. The molecule has 2 spiro atoms. The first-order chi connectivity index (χ1) is 25.7. The largest absolute Gasteiger partial charge is 1.00 e. The number of aryl methyl sites for hydroxylation is 1. The summed E-state index contributed by atoms with van der Waals surface area (Å²) in [5.74, 6) is -0.00140. The number of nitrogens with zero attached hydrogens (tertiary/aromatic N) is 1. The second-order valence-corrected chi connectivity index (χ2v) is 17.2. The molecule has 6 heterocycles. The number of para-hydroxylation sites is 1. The molecule has 0 radical (unpaired) electrons. The van der Waals surface area contributed by atoms with E-state index in [0.29, 0.717) is 19.4 Å². The van der Waals surface area contributed by atoms with E-state index in [4.69, 9.17) is 23.7 Å². The Balaban J connectivity index is 0.00000384. The lowest BCUT2D eigenvalue weighted by atomic mass is 9.46. The molecule has 2 saturated carbocycles. The minimum absolute atomic E-state index is 0. The average molecular weight is 800 g/mol. The molecule has 9 atom stereocenters. The summed E-state index contributed by atoms with van der Waals surface area (Å²) in [6.45, 7) is 8.02. The zero-order chi connectivity index (χ0) is 36.2. The number of aromatic amines is 1. The van der Waals surface area contributed by atoms with Crippen molar-refractivity contribution < 1.29 is 54.8 Å². The number of fused-ring (bicyclic) bond motifs is 5. The van der Waals surface area contributed by atoms with Gasteiger partial charge in [-0.15, -0.1) is 0 Å². The highest BCUT2D eigenvalue weighted by Crippen LogP contribution is 2.83. The Hall–Kier alpha value is -3.31. The maximum Gasteiger partial charge on any atom is 0.334 e. The van der Waals surface area contributed by atoms with Crippen molar-refractivity contribution in [2.45, 2.75) is 133 Å². The lowest BCUT2D eigenvalue weighted by Crippen LogP contribution is -3.00. The molecule has 1 N–H and O–H groups in total. The number of halogens is 1. The molecule has 3 aliphatic carbocycles. The van der Waals surface area contributed by atoms with Crippen LogP contribution in [0.2, 0.25) is 0 Å². The molecule has 10 rings (SSSR count). The highest BCUT2D eigenvalue weighted by molar-refractivity contribution is 5.92. The SMILES string of the molecule is CC(C)[C@]12O[C@H]1[C@@H]1O[C@]13[C@]1(O[C@H]1CC1C4=C(CC[C@@]13C)C(=O)OC4)[C@@H]2OC(=O)CCCCCCCC[n+]1ccc(/C=C/c2c[nH]c3ccccc23)cc1.[Br-]. The third-order valence-electron chi connectivity index (χ3n) is 14.4. The van der Waals surface area contributed by atoms with Crippen molar-refractivity contribution in [3.8, 4) is 0 Å². The Morgan fingerprint density at radius 1 is 1.00 bits per heavy atom. The smallest absolute Gasteiger partial charge is 0.334 e. The van der Waals surface area contributed by atoms with Crippen molar-refractivity contribution in [2.75, 3.05) is 6.61 Å². The second-order valence-electron chi connectivity index (χ2n) is 17.2. The van der Waals surface area contributed by atoms with E-state index in [1.807, 2.05) is 0 Å².